The molecule has 0 aromatic rings. The molecule has 2 amide bonds. The summed E-state index contributed by atoms with van der Waals surface area (Å²) in [5.41, 5.74) is 0. The molecule has 0 heterocycles. The van der Waals surface area contributed by atoms with Gasteiger partial charge in [0.2, 0.25) is 11.8 Å². The predicted octanol–water partition coefficient (Wildman–Crippen LogP) is 0.560. The first-order chi connectivity index (χ1) is 9.45. The zero-order valence-corrected chi connectivity index (χ0v) is 12.5. The zero-order valence-electron chi connectivity index (χ0n) is 12.5. The van der Waals surface area contributed by atoms with Crippen LogP contribution in [0.15, 0.2) is 0 Å². The van der Waals surface area contributed by atoms with Gasteiger partial charge in [-0.15, -0.1) is 0 Å². The van der Waals surface area contributed by atoms with Gasteiger partial charge >= 0.3 is 5.97 Å². The number of methoxy groups -OCH3 is 1. The van der Waals surface area contributed by atoms with E-state index in [1.807, 2.05) is 0 Å². The van der Waals surface area contributed by atoms with Gasteiger partial charge in [-0.1, -0.05) is 6.92 Å². The first-order valence-corrected chi connectivity index (χ1v) is 7.06. The van der Waals surface area contributed by atoms with Gasteiger partial charge in [-0.05, 0) is 19.3 Å². The van der Waals surface area contributed by atoms with Crippen LogP contribution in [0.4, 0.5) is 0 Å². The maximum atomic E-state index is 12.2. The molecule has 0 bridgehead atoms. The zero-order chi connectivity index (χ0) is 15.1. The monoisotopic (exact) mass is 284 g/mol. The molecule has 20 heavy (non-hydrogen) atoms. The quantitative estimate of drug-likeness (QED) is 0.522. The SMILES string of the molecule is COC(=O)C(C)CN(CCCNC(C)=O)C(=O)C1CC1. The van der Waals surface area contributed by atoms with Crippen molar-refractivity contribution < 1.29 is 19.1 Å². The van der Waals surface area contributed by atoms with Crippen molar-refractivity contribution >= 4 is 17.8 Å². The fraction of sp³-hybridized carbons (Fsp3) is 0.786. The van der Waals surface area contributed by atoms with Crippen LogP contribution >= 0.6 is 0 Å². The number of hydrogen-bond donors (Lipinski definition) is 1. The van der Waals surface area contributed by atoms with E-state index in [9.17, 15) is 14.4 Å². The molecular weight excluding hydrogens is 260 g/mol. The van der Waals surface area contributed by atoms with Gasteiger partial charge in [-0.2, -0.15) is 0 Å². The van der Waals surface area contributed by atoms with Crippen molar-refractivity contribution in [2.45, 2.75) is 33.1 Å². The fourth-order valence-corrected chi connectivity index (χ4v) is 2.02. The highest BCUT2D eigenvalue weighted by Crippen LogP contribution is 2.31. The summed E-state index contributed by atoms with van der Waals surface area (Å²) in [6.07, 6.45) is 2.56. The molecule has 1 saturated carbocycles. The van der Waals surface area contributed by atoms with E-state index in [1.165, 1.54) is 14.0 Å². The van der Waals surface area contributed by atoms with Crippen molar-refractivity contribution in [2.75, 3.05) is 26.7 Å². The lowest BCUT2D eigenvalue weighted by atomic mass is 10.1. The van der Waals surface area contributed by atoms with Crippen LogP contribution in [0.1, 0.15) is 33.1 Å². The first-order valence-electron chi connectivity index (χ1n) is 7.06. The number of hydrogen-bond acceptors (Lipinski definition) is 4. The summed E-state index contributed by atoms with van der Waals surface area (Å²) in [7, 11) is 1.35. The second kappa shape index (κ2) is 7.87. The Kier molecular flexibility index (Phi) is 6.48. The molecule has 1 atom stereocenters. The van der Waals surface area contributed by atoms with Crippen molar-refractivity contribution in [3.8, 4) is 0 Å². The van der Waals surface area contributed by atoms with Gasteiger partial charge in [0.15, 0.2) is 0 Å². The van der Waals surface area contributed by atoms with Gasteiger partial charge in [0, 0.05) is 32.5 Å². The number of carbonyl (C=O) groups excluding carboxylic acids is 3. The molecule has 0 spiro atoms. The third-order valence-corrected chi connectivity index (χ3v) is 3.31. The number of carbonyl (C=O) groups is 3. The number of esters is 1. The van der Waals surface area contributed by atoms with Crippen LogP contribution in [0.25, 0.3) is 0 Å². The number of ether oxygens (including phenoxy) is 1. The maximum Gasteiger partial charge on any atom is 0.310 e. The Morgan fingerprint density at radius 3 is 2.50 bits per heavy atom. The smallest absolute Gasteiger partial charge is 0.310 e. The highest BCUT2D eigenvalue weighted by atomic mass is 16.5. The summed E-state index contributed by atoms with van der Waals surface area (Å²) >= 11 is 0. The lowest BCUT2D eigenvalue weighted by Crippen LogP contribution is -2.39. The van der Waals surface area contributed by atoms with E-state index in [1.54, 1.807) is 11.8 Å². The summed E-state index contributed by atoms with van der Waals surface area (Å²) in [6.45, 7) is 4.69. The minimum absolute atomic E-state index is 0.0759. The molecule has 1 unspecified atom stereocenters. The summed E-state index contributed by atoms with van der Waals surface area (Å²) in [6, 6.07) is 0. The van der Waals surface area contributed by atoms with Gasteiger partial charge in [-0.25, -0.2) is 0 Å². The van der Waals surface area contributed by atoms with Gasteiger partial charge in [-0.3, -0.25) is 14.4 Å². The molecule has 114 valence electrons. The summed E-state index contributed by atoms with van der Waals surface area (Å²) in [5, 5.41) is 2.70. The first kappa shape index (κ1) is 16.5. The molecule has 1 aliphatic rings. The van der Waals surface area contributed by atoms with E-state index < -0.39 is 0 Å². The van der Waals surface area contributed by atoms with Crippen molar-refractivity contribution in [3.05, 3.63) is 0 Å². The van der Waals surface area contributed by atoms with E-state index >= 15 is 0 Å². The Labute approximate surface area is 119 Å². The second-order valence-electron chi connectivity index (χ2n) is 5.32. The number of amides is 2. The molecule has 1 fully saturated rings. The Balaban J connectivity index is 2.45. The molecule has 0 aliphatic heterocycles. The van der Waals surface area contributed by atoms with Gasteiger partial charge in [0.1, 0.15) is 0 Å². The normalized spacial score (nSPS) is 15.3. The van der Waals surface area contributed by atoms with Crippen LogP contribution in [-0.4, -0.2) is 49.4 Å². The van der Waals surface area contributed by atoms with E-state index in [2.05, 4.69) is 5.32 Å². The summed E-state index contributed by atoms with van der Waals surface area (Å²) in [5.74, 6) is -0.471. The molecule has 0 aromatic carbocycles. The molecule has 1 N–H and O–H groups in total. The van der Waals surface area contributed by atoms with E-state index in [0.717, 1.165) is 12.8 Å². The van der Waals surface area contributed by atoms with E-state index in [4.69, 9.17) is 4.74 Å². The minimum Gasteiger partial charge on any atom is -0.469 e. The van der Waals surface area contributed by atoms with Crippen LogP contribution in [0.2, 0.25) is 0 Å². The van der Waals surface area contributed by atoms with Crippen LogP contribution in [0.5, 0.6) is 0 Å². The van der Waals surface area contributed by atoms with Crippen LogP contribution in [-0.2, 0) is 19.1 Å². The van der Waals surface area contributed by atoms with Crippen LogP contribution in [0.3, 0.4) is 0 Å². The second-order valence-corrected chi connectivity index (χ2v) is 5.32. The molecule has 1 rings (SSSR count). The Hall–Kier alpha value is -1.59. The Morgan fingerprint density at radius 1 is 1.35 bits per heavy atom. The number of nitrogens with zero attached hydrogens (tertiary/aromatic N) is 1. The van der Waals surface area contributed by atoms with Gasteiger partial charge in [0.25, 0.3) is 0 Å². The van der Waals surface area contributed by atoms with Crippen molar-refractivity contribution in [1.82, 2.24) is 10.2 Å². The highest BCUT2D eigenvalue weighted by molar-refractivity contribution is 5.82. The average molecular weight is 284 g/mol. The predicted molar refractivity (Wildman–Crippen MR) is 73.8 cm³/mol. The fourth-order valence-electron chi connectivity index (χ4n) is 2.02. The standard InChI is InChI=1S/C14H24N2O4/c1-10(14(19)20-3)9-16(13(18)12-5-6-12)8-4-7-15-11(2)17/h10,12H,4-9H2,1-3H3,(H,15,17). The Bertz CT molecular complexity index is 366. The van der Waals surface area contributed by atoms with Crippen molar-refractivity contribution in [3.63, 3.8) is 0 Å². The number of nitrogens with one attached hydrogen (secondary N) is 1. The highest BCUT2D eigenvalue weighted by Gasteiger charge is 2.34. The molecule has 0 aromatic heterocycles. The lowest BCUT2D eigenvalue weighted by molar-refractivity contribution is -0.146. The molecular formula is C14H24N2O4. The van der Waals surface area contributed by atoms with Crippen molar-refractivity contribution in [2.24, 2.45) is 11.8 Å². The van der Waals surface area contributed by atoms with Crippen molar-refractivity contribution in [1.29, 1.82) is 0 Å². The lowest BCUT2D eigenvalue weighted by Gasteiger charge is -2.25. The van der Waals surface area contributed by atoms with E-state index in [0.29, 0.717) is 26.1 Å². The third kappa shape index (κ3) is 5.59. The molecule has 0 radical (unpaired) electrons. The molecule has 0 saturated heterocycles. The van der Waals surface area contributed by atoms with Gasteiger partial charge < -0.3 is 15.0 Å². The topological polar surface area (TPSA) is 75.7 Å². The van der Waals surface area contributed by atoms with Gasteiger partial charge in [0.05, 0.1) is 13.0 Å². The third-order valence-electron chi connectivity index (χ3n) is 3.31. The largest absolute Gasteiger partial charge is 0.469 e. The van der Waals surface area contributed by atoms with E-state index in [-0.39, 0.29) is 29.6 Å². The van der Waals surface area contributed by atoms with Crippen LogP contribution in [0, 0.1) is 11.8 Å². The molecule has 6 nitrogen and oxygen atoms in total. The summed E-state index contributed by atoms with van der Waals surface area (Å²) < 4.78 is 4.69. The van der Waals surface area contributed by atoms with Crippen LogP contribution < -0.4 is 5.32 Å². The average Bonchev–Trinajstić information content (AvgIpc) is 3.24. The minimum atomic E-state index is -0.330. The number of rotatable bonds is 8. The maximum absolute atomic E-state index is 12.2. The summed E-state index contributed by atoms with van der Waals surface area (Å²) in [4.78, 5) is 36.1. The molecule has 1 aliphatic carbocycles. The Morgan fingerprint density at radius 2 is 2.00 bits per heavy atom. The molecule has 6 heteroatoms.